The molecule has 23 heavy (non-hydrogen) atoms. The Bertz CT molecular complexity index is 828. The predicted molar refractivity (Wildman–Crippen MR) is 95.6 cm³/mol. The van der Waals surface area contributed by atoms with Crippen molar-refractivity contribution in [1.82, 2.24) is 9.47 Å². The van der Waals surface area contributed by atoms with Gasteiger partial charge < -0.3 is 9.67 Å². The molecule has 1 fully saturated rings. The molecule has 3 nitrogen and oxygen atoms in total. The fourth-order valence-electron chi connectivity index (χ4n) is 3.87. The van der Waals surface area contributed by atoms with Crippen LogP contribution in [0.3, 0.4) is 0 Å². The summed E-state index contributed by atoms with van der Waals surface area (Å²) in [7, 11) is 0. The highest BCUT2D eigenvalue weighted by Crippen LogP contribution is 2.30. The third-order valence-electron chi connectivity index (χ3n) is 5.12. The van der Waals surface area contributed by atoms with Crippen molar-refractivity contribution in [2.24, 2.45) is 0 Å². The smallest absolute Gasteiger partial charge is 0.0564 e. The number of rotatable bonds is 3. The van der Waals surface area contributed by atoms with Crippen molar-refractivity contribution in [3.05, 3.63) is 48.0 Å². The Hall–Kier alpha value is -1.84. The molecule has 2 aromatic carbocycles. The van der Waals surface area contributed by atoms with Crippen LogP contribution in [0.1, 0.15) is 25.3 Å². The summed E-state index contributed by atoms with van der Waals surface area (Å²) in [6.07, 6.45) is 1.70. The number of hydrogen-bond acceptors (Lipinski definition) is 2. The maximum Gasteiger partial charge on any atom is 0.0564 e. The minimum absolute atomic E-state index is 0.101. The van der Waals surface area contributed by atoms with Gasteiger partial charge in [0.05, 0.1) is 6.10 Å². The van der Waals surface area contributed by atoms with Crippen LogP contribution in [0.5, 0.6) is 0 Å². The molecule has 0 atom stereocenters. The first-order valence-electron chi connectivity index (χ1n) is 8.66. The Kier molecular flexibility index (Phi) is 3.83. The summed E-state index contributed by atoms with van der Waals surface area (Å²) in [6, 6.07) is 15.6. The number of aryl methyl sites for hydroxylation is 1. The molecule has 4 rings (SSSR count). The number of fused-ring (bicyclic) bond motifs is 3. The van der Waals surface area contributed by atoms with Gasteiger partial charge in [0, 0.05) is 48.0 Å². The van der Waals surface area contributed by atoms with E-state index in [0.29, 0.717) is 0 Å². The number of aliphatic hydroxyl groups excluding tert-OH is 1. The first-order chi connectivity index (χ1) is 11.3. The number of aliphatic hydroxyl groups is 1. The zero-order valence-corrected chi connectivity index (χ0v) is 13.7. The normalized spacial score (nSPS) is 17.3. The maximum absolute atomic E-state index is 9.65. The van der Waals surface area contributed by atoms with Gasteiger partial charge in [-0.15, -0.1) is 0 Å². The van der Waals surface area contributed by atoms with Crippen molar-refractivity contribution in [2.45, 2.75) is 39.0 Å². The maximum atomic E-state index is 9.65. The quantitative estimate of drug-likeness (QED) is 0.798. The minimum atomic E-state index is -0.101. The Labute approximate surface area is 137 Å². The highest BCUT2D eigenvalue weighted by molar-refractivity contribution is 6.08. The van der Waals surface area contributed by atoms with Gasteiger partial charge in [-0.3, -0.25) is 4.90 Å². The molecule has 2 heterocycles. The number of aromatic nitrogens is 1. The summed E-state index contributed by atoms with van der Waals surface area (Å²) in [6.45, 7) is 6.17. The van der Waals surface area contributed by atoms with Crippen molar-refractivity contribution < 1.29 is 5.11 Å². The number of benzene rings is 2. The summed E-state index contributed by atoms with van der Waals surface area (Å²) < 4.78 is 2.41. The van der Waals surface area contributed by atoms with Crippen LogP contribution in [0.2, 0.25) is 0 Å². The van der Waals surface area contributed by atoms with Crippen LogP contribution >= 0.6 is 0 Å². The number of hydrogen-bond donors (Lipinski definition) is 1. The van der Waals surface area contributed by atoms with E-state index in [1.807, 2.05) is 0 Å². The van der Waals surface area contributed by atoms with Gasteiger partial charge in [0.15, 0.2) is 0 Å². The van der Waals surface area contributed by atoms with E-state index in [-0.39, 0.29) is 6.10 Å². The third-order valence-corrected chi connectivity index (χ3v) is 5.12. The fraction of sp³-hybridized carbons (Fsp3) is 0.400. The zero-order valence-electron chi connectivity index (χ0n) is 13.7. The van der Waals surface area contributed by atoms with Gasteiger partial charge in [-0.1, -0.05) is 30.3 Å². The van der Waals surface area contributed by atoms with Gasteiger partial charge >= 0.3 is 0 Å². The number of para-hydroxylation sites is 1. The van der Waals surface area contributed by atoms with Gasteiger partial charge in [-0.05, 0) is 37.5 Å². The van der Waals surface area contributed by atoms with Crippen LogP contribution in [0, 0.1) is 0 Å². The van der Waals surface area contributed by atoms with E-state index in [2.05, 4.69) is 58.9 Å². The molecule has 0 spiro atoms. The predicted octanol–water partition coefficient (Wildman–Crippen LogP) is 3.77. The van der Waals surface area contributed by atoms with Crippen LogP contribution in [0.4, 0.5) is 0 Å². The molecule has 0 radical (unpaired) electrons. The number of likely N-dealkylation sites (tertiary alicyclic amines) is 1. The first-order valence-corrected chi connectivity index (χ1v) is 8.66. The number of nitrogens with zero attached hydrogens (tertiary/aromatic N) is 2. The molecule has 1 saturated heterocycles. The molecule has 0 unspecified atom stereocenters. The lowest BCUT2D eigenvalue weighted by atomic mass is 10.1. The molecule has 0 aliphatic carbocycles. The van der Waals surface area contributed by atoms with E-state index in [0.717, 1.165) is 39.0 Å². The van der Waals surface area contributed by atoms with Gasteiger partial charge in [0.1, 0.15) is 0 Å². The topological polar surface area (TPSA) is 28.4 Å². The molecule has 1 aliphatic rings. The molecule has 0 saturated carbocycles. The highest BCUT2D eigenvalue weighted by atomic mass is 16.3. The average Bonchev–Trinajstić information content (AvgIpc) is 2.90. The lowest BCUT2D eigenvalue weighted by molar-refractivity contribution is 0.0792. The molecule has 1 N–H and O–H groups in total. The van der Waals surface area contributed by atoms with Gasteiger partial charge in [0.2, 0.25) is 0 Å². The van der Waals surface area contributed by atoms with Crippen molar-refractivity contribution >= 4 is 21.8 Å². The Balaban J connectivity index is 1.71. The average molecular weight is 308 g/mol. The molecular formula is C20H24N2O. The van der Waals surface area contributed by atoms with Crippen molar-refractivity contribution in [3.63, 3.8) is 0 Å². The lowest BCUT2D eigenvalue weighted by Gasteiger charge is -2.29. The number of piperidine rings is 1. The summed E-state index contributed by atoms with van der Waals surface area (Å²) >= 11 is 0. The SMILES string of the molecule is CCn1c2ccccc2c2ccc(CN3CCC(O)CC3)cc21. The second-order valence-electron chi connectivity index (χ2n) is 6.62. The monoisotopic (exact) mass is 308 g/mol. The zero-order chi connectivity index (χ0) is 15.8. The second kappa shape index (κ2) is 5.99. The Morgan fingerprint density at radius 2 is 1.74 bits per heavy atom. The molecule has 3 heteroatoms. The third kappa shape index (κ3) is 2.64. The molecule has 120 valence electrons. The van der Waals surface area contributed by atoms with Crippen LogP contribution in [-0.4, -0.2) is 33.8 Å². The second-order valence-corrected chi connectivity index (χ2v) is 6.62. The van der Waals surface area contributed by atoms with Crippen LogP contribution in [-0.2, 0) is 13.1 Å². The van der Waals surface area contributed by atoms with E-state index in [1.165, 1.54) is 27.4 Å². The lowest BCUT2D eigenvalue weighted by Crippen LogP contribution is -2.35. The van der Waals surface area contributed by atoms with Gasteiger partial charge in [0.25, 0.3) is 0 Å². The van der Waals surface area contributed by atoms with E-state index < -0.39 is 0 Å². The molecule has 0 amide bonds. The van der Waals surface area contributed by atoms with E-state index >= 15 is 0 Å². The van der Waals surface area contributed by atoms with Crippen LogP contribution < -0.4 is 0 Å². The minimum Gasteiger partial charge on any atom is -0.393 e. The Morgan fingerprint density at radius 3 is 2.52 bits per heavy atom. The van der Waals surface area contributed by atoms with Crippen LogP contribution in [0.15, 0.2) is 42.5 Å². The molecule has 0 bridgehead atoms. The standard InChI is InChI=1S/C20H24N2O/c1-2-22-19-6-4-3-5-17(19)18-8-7-15(13-20(18)22)14-21-11-9-16(23)10-12-21/h3-8,13,16,23H,2,9-12,14H2,1H3. The summed E-state index contributed by atoms with van der Waals surface area (Å²) in [5, 5.41) is 12.3. The molecule has 1 aromatic heterocycles. The van der Waals surface area contributed by atoms with E-state index in [9.17, 15) is 5.11 Å². The first kappa shape index (κ1) is 14.7. The molecule has 3 aromatic rings. The summed E-state index contributed by atoms with van der Waals surface area (Å²) in [5.74, 6) is 0. The van der Waals surface area contributed by atoms with Crippen molar-refractivity contribution in [1.29, 1.82) is 0 Å². The molecule has 1 aliphatic heterocycles. The largest absolute Gasteiger partial charge is 0.393 e. The van der Waals surface area contributed by atoms with Crippen LogP contribution in [0.25, 0.3) is 21.8 Å². The summed E-state index contributed by atoms with van der Waals surface area (Å²) in [5.41, 5.74) is 4.03. The highest BCUT2D eigenvalue weighted by Gasteiger charge is 2.17. The van der Waals surface area contributed by atoms with Crippen molar-refractivity contribution in [2.75, 3.05) is 13.1 Å². The fourth-order valence-corrected chi connectivity index (χ4v) is 3.87. The van der Waals surface area contributed by atoms with E-state index in [4.69, 9.17) is 0 Å². The Morgan fingerprint density at radius 1 is 1.00 bits per heavy atom. The van der Waals surface area contributed by atoms with Gasteiger partial charge in [-0.25, -0.2) is 0 Å². The van der Waals surface area contributed by atoms with Gasteiger partial charge in [-0.2, -0.15) is 0 Å². The summed E-state index contributed by atoms with van der Waals surface area (Å²) in [4.78, 5) is 2.45. The van der Waals surface area contributed by atoms with Crippen molar-refractivity contribution in [3.8, 4) is 0 Å². The van der Waals surface area contributed by atoms with E-state index in [1.54, 1.807) is 0 Å². The molecular weight excluding hydrogens is 284 g/mol.